The summed E-state index contributed by atoms with van der Waals surface area (Å²) in [4.78, 5) is 38.8. The van der Waals surface area contributed by atoms with Crippen LogP contribution in [-0.4, -0.2) is 30.9 Å². The molecule has 158 valence electrons. The quantitative estimate of drug-likeness (QED) is 0.565. The molecule has 31 heavy (non-hydrogen) atoms. The van der Waals surface area contributed by atoms with Crippen LogP contribution in [0, 0.1) is 5.92 Å². The Kier molecular flexibility index (Phi) is 6.11. The summed E-state index contributed by atoms with van der Waals surface area (Å²) < 4.78 is 5.14. The van der Waals surface area contributed by atoms with Crippen molar-refractivity contribution in [1.29, 1.82) is 0 Å². The highest BCUT2D eigenvalue weighted by atomic mass is 35.5. The number of nitrogens with one attached hydrogen (secondary N) is 1. The molecule has 8 heteroatoms. The Labute approximate surface area is 188 Å². The molecule has 0 saturated carbocycles. The monoisotopic (exact) mass is 456 g/mol. The van der Waals surface area contributed by atoms with Crippen LogP contribution in [0.3, 0.4) is 0 Å². The summed E-state index contributed by atoms with van der Waals surface area (Å²) in [5.74, 6) is -1.92. The third kappa shape index (κ3) is 4.65. The molecule has 1 aliphatic rings. The van der Waals surface area contributed by atoms with E-state index < -0.39 is 24.4 Å². The number of anilines is 2. The fourth-order valence-electron chi connectivity index (χ4n) is 3.57. The van der Waals surface area contributed by atoms with E-state index in [1.807, 2.05) is 42.5 Å². The second kappa shape index (κ2) is 8.96. The van der Waals surface area contributed by atoms with E-state index in [1.165, 1.54) is 6.07 Å². The second-order valence-electron chi connectivity index (χ2n) is 7.18. The second-order valence-corrected chi connectivity index (χ2v) is 8.03. The summed E-state index contributed by atoms with van der Waals surface area (Å²) in [5.41, 5.74) is 1.12. The van der Waals surface area contributed by atoms with Gasteiger partial charge in [-0.1, -0.05) is 59.6 Å². The number of carbonyl (C=O) groups excluding carboxylic acids is 3. The third-order valence-corrected chi connectivity index (χ3v) is 5.61. The van der Waals surface area contributed by atoms with E-state index in [-0.39, 0.29) is 23.9 Å². The Morgan fingerprint density at radius 2 is 1.84 bits per heavy atom. The van der Waals surface area contributed by atoms with Crippen LogP contribution in [0.2, 0.25) is 10.0 Å². The van der Waals surface area contributed by atoms with Crippen molar-refractivity contribution in [3.05, 3.63) is 70.7 Å². The SMILES string of the molecule is O=C(COC(=O)[C@@H]1CC(=O)N(c2cccc3ccccc23)C1)Nc1ccc(Cl)cc1Cl. The Balaban J connectivity index is 1.37. The number of benzene rings is 3. The van der Waals surface area contributed by atoms with Gasteiger partial charge in [-0.25, -0.2) is 0 Å². The van der Waals surface area contributed by atoms with E-state index in [2.05, 4.69) is 5.32 Å². The fraction of sp³-hybridized carbons (Fsp3) is 0.174. The predicted molar refractivity (Wildman–Crippen MR) is 120 cm³/mol. The molecule has 1 N–H and O–H groups in total. The number of carbonyl (C=O) groups is 3. The van der Waals surface area contributed by atoms with Gasteiger partial charge in [0.1, 0.15) is 0 Å². The van der Waals surface area contributed by atoms with Crippen molar-refractivity contribution in [3.8, 4) is 0 Å². The summed E-state index contributed by atoms with van der Waals surface area (Å²) in [6, 6.07) is 18.1. The van der Waals surface area contributed by atoms with Crippen molar-refractivity contribution in [3.63, 3.8) is 0 Å². The number of rotatable bonds is 5. The molecule has 3 aromatic carbocycles. The van der Waals surface area contributed by atoms with Gasteiger partial charge in [0.2, 0.25) is 5.91 Å². The summed E-state index contributed by atoms with van der Waals surface area (Å²) in [5, 5.41) is 5.23. The minimum Gasteiger partial charge on any atom is -0.455 e. The fourth-order valence-corrected chi connectivity index (χ4v) is 4.03. The number of halogens is 2. The molecule has 1 fully saturated rings. The van der Waals surface area contributed by atoms with E-state index in [1.54, 1.807) is 17.0 Å². The van der Waals surface area contributed by atoms with Crippen LogP contribution >= 0.6 is 23.2 Å². The molecule has 0 aromatic heterocycles. The molecule has 0 spiro atoms. The van der Waals surface area contributed by atoms with E-state index >= 15 is 0 Å². The zero-order valence-corrected chi connectivity index (χ0v) is 17.8. The largest absolute Gasteiger partial charge is 0.455 e. The lowest BCUT2D eigenvalue weighted by atomic mass is 10.1. The van der Waals surface area contributed by atoms with Gasteiger partial charge < -0.3 is 15.0 Å². The predicted octanol–water partition coefficient (Wildman–Crippen LogP) is 4.68. The van der Waals surface area contributed by atoms with E-state index in [4.69, 9.17) is 27.9 Å². The number of fused-ring (bicyclic) bond motifs is 1. The molecule has 0 bridgehead atoms. The van der Waals surface area contributed by atoms with Crippen LogP contribution in [0.25, 0.3) is 10.8 Å². The van der Waals surface area contributed by atoms with Crippen molar-refractivity contribution in [2.45, 2.75) is 6.42 Å². The standard InChI is InChI=1S/C23H18Cl2N2O4/c24-16-8-9-19(18(25)11-16)26-21(28)13-31-23(30)15-10-22(29)27(12-15)20-7-3-5-14-4-1-2-6-17(14)20/h1-9,11,15H,10,12-13H2,(H,26,28)/t15-/m1/s1. The van der Waals surface area contributed by atoms with Crippen LogP contribution in [-0.2, 0) is 19.1 Å². The highest BCUT2D eigenvalue weighted by molar-refractivity contribution is 6.36. The topological polar surface area (TPSA) is 75.7 Å². The van der Waals surface area contributed by atoms with Crippen molar-refractivity contribution in [2.24, 2.45) is 5.92 Å². The molecule has 1 heterocycles. The molecular weight excluding hydrogens is 439 g/mol. The van der Waals surface area contributed by atoms with Gasteiger partial charge in [0.05, 0.1) is 22.3 Å². The molecule has 6 nitrogen and oxygen atoms in total. The number of hydrogen-bond acceptors (Lipinski definition) is 4. The molecule has 1 atom stereocenters. The summed E-state index contributed by atoms with van der Waals surface area (Å²) in [6.45, 7) is -0.271. The Hall–Kier alpha value is -3.09. The maximum atomic E-state index is 12.6. The zero-order valence-electron chi connectivity index (χ0n) is 16.3. The van der Waals surface area contributed by atoms with Gasteiger partial charge in [0, 0.05) is 23.4 Å². The van der Waals surface area contributed by atoms with Gasteiger partial charge >= 0.3 is 5.97 Å². The van der Waals surface area contributed by atoms with Crippen LogP contribution in [0.1, 0.15) is 6.42 Å². The normalized spacial score (nSPS) is 15.9. The average molecular weight is 457 g/mol. The van der Waals surface area contributed by atoms with Gasteiger partial charge in [0.15, 0.2) is 6.61 Å². The van der Waals surface area contributed by atoms with Crippen LogP contribution in [0.4, 0.5) is 11.4 Å². The first-order chi connectivity index (χ1) is 14.9. The van der Waals surface area contributed by atoms with Crippen LogP contribution < -0.4 is 10.2 Å². The smallest absolute Gasteiger partial charge is 0.311 e. The molecular formula is C23H18Cl2N2O4. The van der Waals surface area contributed by atoms with E-state index in [0.29, 0.717) is 10.7 Å². The summed E-state index contributed by atoms with van der Waals surface area (Å²) in [6.07, 6.45) is 0.0344. The number of hydrogen-bond donors (Lipinski definition) is 1. The lowest BCUT2D eigenvalue weighted by Crippen LogP contribution is -2.28. The number of ether oxygens (including phenoxy) is 1. The highest BCUT2D eigenvalue weighted by Gasteiger charge is 2.36. The summed E-state index contributed by atoms with van der Waals surface area (Å²) in [7, 11) is 0. The Morgan fingerprint density at radius 1 is 1.06 bits per heavy atom. The van der Waals surface area contributed by atoms with Gasteiger partial charge in [-0.3, -0.25) is 14.4 Å². The van der Waals surface area contributed by atoms with Gasteiger partial charge in [0.25, 0.3) is 5.91 Å². The minimum absolute atomic E-state index is 0.0344. The lowest BCUT2D eigenvalue weighted by Gasteiger charge is -2.18. The molecule has 3 aromatic rings. The molecule has 4 rings (SSSR count). The molecule has 1 aliphatic heterocycles. The van der Waals surface area contributed by atoms with Crippen LogP contribution in [0.5, 0.6) is 0 Å². The maximum absolute atomic E-state index is 12.6. The van der Waals surface area contributed by atoms with E-state index in [0.717, 1.165) is 16.5 Å². The summed E-state index contributed by atoms with van der Waals surface area (Å²) >= 11 is 11.9. The van der Waals surface area contributed by atoms with Crippen molar-refractivity contribution in [2.75, 3.05) is 23.4 Å². The number of amides is 2. The molecule has 1 saturated heterocycles. The number of nitrogens with zero attached hydrogens (tertiary/aromatic N) is 1. The minimum atomic E-state index is -0.640. The third-order valence-electron chi connectivity index (χ3n) is 5.07. The van der Waals surface area contributed by atoms with E-state index in [9.17, 15) is 14.4 Å². The molecule has 2 amide bonds. The first-order valence-corrected chi connectivity index (χ1v) is 10.4. The van der Waals surface area contributed by atoms with Crippen molar-refractivity contribution in [1.82, 2.24) is 0 Å². The zero-order chi connectivity index (χ0) is 22.0. The first kappa shape index (κ1) is 21.2. The maximum Gasteiger partial charge on any atom is 0.311 e. The van der Waals surface area contributed by atoms with Crippen molar-refractivity contribution < 1.29 is 19.1 Å². The Morgan fingerprint density at radius 3 is 2.65 bits per heavy atom. The van der Waals surface area contributed by atoms with Gasteiger partial charge in [-0.05, 0) is 29.7 Å². The molecule has 0 unspecified atom stereocenters. The van der Waals surface area contributed by atoms with Gasteiger partial charge in [-0.2, -0.15) is 0 Å². The van der Waals surface area contributed by atoms with Crippen LogP contribution in [0.15, 0.2) is 60.7 Å². The van der Waals surface area contributed by atoms with Crippen molar-refractivity contribution >= 4 is 63.1 Å². The molecule has 0 radical (unpaired) electrons. The number of esters is 1. The average Bonchev–Trinajstić information content (AvgIpc) is 3.15. The lowest BCUT2D eigenvalue weighted by molar-refractivity contribution is -0.151. The highest BCUT2D eigenvalue weighted by Crippen LogP contribution is 2.32. The first-order valence-electron chi connectivity index (χ1n) is 9.62. The van der Waals surface area contributed by atoms with Gasteiger partial charge in [-0.15, -0.1) is 0 Å². The Bertz CT molecular complexity index is 1180. The molecule has 0 aliphatic carbocycles.